The summed E-state index contributed by atoms with van der Waals surface area (Å²) in [4.78, 5) is 25.2. The van der Waals surface area contributed by atoms with Gasteiger partial charge in [-0.25, -0.2) is 4.79 Å². The van der Waals surface area contributed by atoms with Gasteiger partial charge in [0.1, 0.15) is 0 Å². The second kappa shape index (κ2) is 7.62. The van der Waals surface area contributed by atoms with Crippen molar-refractivity contribution in [3.8, 4) is 0 Å². The van der Waals surface area contributed by atoms with E-state index in [-0.39, 0.29) is 5.91 Å². The van der Waals surface area contributed by atoms with Gasteiger partial charge in [-0.3, -0.25) is 15.0 Å². The van der Waals surface area contributed by atoms with Gasteiger partial charge in [0, 0.05) is 13.1 Å². The van der Waals surface area contributed by atoms with Gasteiger partial charge in [0.15, 0.2) is 0 Å². The van der Waals surface area contributed by atoms with Gasteiger partial charge >= 0.3 is 6.03 Å². The maximum atomic E-state index is 11.8. The van der Waals surface area contributed by atoms with E-state index in [0.717, 1.165) is 12.5 Å². The Morgan fingerprint density at radius 1 is 1.10 bits per heavy atom. The topological polar surface area (TPSA) is 61.4 Å². The highest BCUT2D eigenvalue weighted by Crippen LogP contribution is 2.31. The number of nitrogens with one attached hydrogen (secondary N) is 2. The molecule has 1 atom stereocenters. The van der Waals surface area contributed by atoms with Crippen molar-refractivity contribution in [2.75, 3.05) is 20.1 Å². The van der Waals surface area contributed by atoms with Crippen molar-refractivity contribution in [2.45, 2.75) is 57.4 Å². The second-order valence-electron chi connectivity index (χ2n) is 6.13. The number of rotatable bonds is 4. The van der Waals surface area contributed by atoms with E-state index in [1.54, 1.807) is 0 Å². The maximum Gasteiger partial charge on any atom is 0.321 e. The molecule has 0 bridgehead atoms. The van der Waals surface area contributed by atoms with Crippen LogP contribution in [0.25, 0.3) is 0 Å². The van der Waals surface area contributed by atoms with Crippen LogP contribution < -0.4 is 10.6 Å². The number of hydrogen-bond donors (Lipinski definition) is 2. The fourth-order valence-electron chi connectivity index (χ4n) is 3.59. The third-order valence-electron chi connectivity index (χ3n) is 4.66. The van der Waals surface area contributed by atoms with E-state index in [1.165, 1.54) is 58.4 Å². The first-order chi connectivity index (χ1) is 9.69. The lowest BCUT2D eigenvalue weighted by Gasteiger charge is -2.29. The molecule has 5 nitrogen and oxygen atoms in total. The smallest absolute Gasteiger partial charge is 0.321 e. The summed E-state index contributed by atoms with van der Waals surface area (Å²) >= 11 is 0. The van der Waals surface area contributed by atoms with E-state index in [0.29, 0.717) is 12.6 Å². The molecule has 2 rings (SSSR count). The zero-order valence-electron chi connectivity index (χ0n) is 12.5. The Bertz CT molecular complexity index is 340. The summed E-state index contributed by atoms with van der Waals surface area (Å²) in [5, 5.41) is 4.76. The maximum absolute atomic E-state index is 11.8. The van der Waals surface area contributed by atoms with Crippen LogP contribution in [0.1, 0.15) is 51.4 Å². The zero-order valence-corrected chi connectivity index (χ0v) is 12.5. The molecule has 114 valence electrons. The molecule has 1 aliphatic heterocycles. The molecule has 0 aromatic heterocycles. The van der Waals surface area contributed by atoms with E-state index >= 15 is 0 Å². The largest absolute Gasteiger partial charge is 0.341 e. The lowest BCUT2D eigenvalue weighted by Crippen LogP contribution is -2.45. The number of carbonyl (C=O) groups is 2. The Kier molecular flexibility index (Phi) is 5.83. The van der Waals surface area contributed by atoms with Gasteiger partial charge < -0.3 is 5.32 Å². The number of likely N-dealkylation sites (tertiary alicyclic amines) is 1. The van der Waals surface area contributed by atoms with Gasteiger partial charge in [-0.2, -0.15) is 0 Å². The van der Waals surface area contributed by atoms with Crippen molar-refractivity contribution >= 4 is 11.9 Å². The molecule has 1 saturated carbocycles. The molecule has 1 heterocycles. The van der Waals surface area contributed by atoms with Crippen LogP contribution in [0, 0.1) is 5.92 Å². The van der Waals surface area contributed by atoms with Gasteiger partial charge in [0.2, 0.25) is 5.91 Å². The van der Waals surface area contributed by atoms with Gasteiger partial charge in [-0.05, 0) is 31.7 Å². The third kappa shape index (κ3) is 4.47. The molecular weight excluding hydrogens is 254 g/mol. The summed E-state index contributed by atoms with van der Waals surface area (Å²) in [6.07, 6.45) is 10.4. The Hall–Kier alpha value is -1.10. The third-order valence-corrected chi connectivity index (χ3v) is 4.66. The van der Waals surface area contributed by atoms with Crippen LogP contribution in [-0.4, -0.2) is 43.0 Å². The van der Waals surface area contributed by atoms with Crippen molar-refractivity contribution in [3.05, 3.63) is 0 Å². The Morgan fingerprint density at radius 2 is 1.85 bits per heavy atom. The number of imide groups is 1. The van der Waals surface area contributed by atoms with Gasteiger partial charge in [0.25, 0.3) is 0 Å². The van der Waals surface area contributed by atoms with E-state index in [4.69, 9.17) is 0 Å². The number of hydrogen-bond acceptors (Lipinski definition) is 3. The van der Waals surface area contributed by atoms with Crippen LogP contribution in [-0.2, 0) is 4.79 Å². The average molecular weight is 281 g/mol. The van der Waals surface area contributed by atoms with Crippen molar-refractivity contribution in [1.29, 1.82) is 0 Å². The summed E-state index contributed by atoms with van der Waals surface area (Å²) in [5.74, 6) is 0.649. The lowest BCUT2D eigenvalue weighted by molar-refractivity contribution is -0.121. The highest BCUT2D eigenvalue weighted by atomic mass is 16.2. The Morgan fingerprint density at radius 3 is 2.55 bits per heavy atom. The molecule has 20 heavy (non-hydrogen) atoms. The molecule has 5 heteroatoms. The minimum atomic E-state index is -0.418. The van der Waals surface area contributed by atoms with Crippen LogP contribution in [0.4, 0.5) is 4.79 Å². The number of amides is 3. The van der Waals surface area contributed by atoms with Crippen LogP contribution in [0.15, 0.2) is 0 Å². The minimum Gasteiger partial charge on any atom is -0.341 e. The molecule has 2 aliphatic rings. The summed E-state index contributed by atoms with van der Waals surface area (Å²) in [5.41, 5.74) is 0. The predicted molar refractivity (Wildman–Crippen MR) is 78.4 cm³/mol. The SMILES string of the molecule is CNC(=O)NC(=O)CN1CCCC1CC1CCCCC1. The Balaban J connectivity index is 1.77. The quantitative estimate of drug-likeness (QED) is 0.827. The summed E-state index contributed by atoms with van der Waals surface area (Å²) in [7, 11) is 1.52. The molecule has 1 unspecified atom stereocenters. The van der Waals surface area contributed by atoms with Gasteiger partial charge in [-0.1, -0.05) is 32.1 Å². The highest BCUT2D eigenvalue weighted by Gasteiger charge is 2.29. The molecule has 2 fully saturated rings. The van der Waals surface area contributed by atoms with Crippen molar-refractivity contribution in [1.82, 2.24) is 15.5 Å². The zero-order chi connectivity index (χ0) is 14.4. The van der Waals surface area contributed by atoms with Crippen LogP contribution >= 0.6 is 0 Å². The first-order valence-electron chi connectivity index (χ1n) is 7.94. The van der Waals surface area contributed by atoms with Crippen molar-refractivity contribution in [3.63, 3.8) is 0 Å². The van der Waals surface area contributed by atoms with Crippen LogP contribution in [0.5, 0.6) is 0 Å². The standard InChI is InChI=1S/C15H27N3O2/c1-16-15(20)17-14(19)11-18-9-5-8-13(18)10-12-6-3-2-4-7-12/h12-13H,2-11H2,1H3,(H2,16,17,19,20). The lowest BCUT2D eigenvalue weighted by atomic mass is 9.84. The highest BCUT2D eigenvalue weighted by molar-refractivity contribution is 5.95. The molecule has 1 aliphatic carbocycles. The van der Waals surface area contributed by atoms with E-state index in [1.807, 2.05) is 0 Å². The van der Waals surface area contributed by atoms with Crippen LogP contribution in [0.3, 0.4) is 0 Å². The number of nitrogens with zero attached hydrogens (tertiary/aromatic N) is 1. The fraction of sp³-hybridized carbons (Fsp3) is 0.867. The molecule has 0 aromatic carbocycles. The van der Waals surface area contributed by atoms with E-state index in [2.05, 4.69) is 15.5 Å². The fourth-order valence-corrected chi connectivity index (χ4v) is 3.59. The predicted octanol–water partition coefficient (Wildman–Crippen LogP) is 1.88. The number of carbonyl (C=O) groups excluding carboxylic acids is 2. The molecule has 3 amide bonds. The first kappa shape index (κ1) is 15.3. The molecule has 1 saturated heterocycles. The Labute approximate surface area is 121 Å². The summed E-state index contributed by atoms with van der Waals surface area (Å²) in [6.45, 7) is 1.34. The van der Waals surface area contributed by atoms with Crippen molar-refractivity contribution < 1.29 is 9.59 Å². The molecule has 2 N–H and O–H groups in total. The van der Waals surface area contributed by atoms with E-state index in [9.17, 15) is 9.59 Å². The summed E-state index contributed by atoms with van der Waals surface area (Å²) < 4.78 is 0. The van der Waals surface area contributed by atoms with E-state index < -0.39 is 6.03 Å². The first-order valence-corrected chi connectivity index (χ1v) is 7.94. The minimum absolute atomic E-state index is 0.195. The van der Waals surface area contributed by atoms with Crippen molar-refractivity contribution in [2.24, 2.45) is 5.92 Å². The second-order valence-corrected chi connectivity index (χ2v) is 6.13. The van der Waals surface area contributed by atoms with Crippen LogP contribution in [0.2, 0.25) is 0 Å². The number of urea groups is 1. The van der Waals surface area contributed by atoms with Gasteiger partial charge in [-0.15, -0.1) is 0 Å². The molecule has 0 spiro atoms. The van der Waals surface area contributed by atoms with Gasteiger partial charge in [0.05, 0.1) is 6.54 Å². The molecule has 0 aromatic rings. The monoisotopic (exact) mass is 281 g/mol. The normalized spacial score (nSPS) is 24.6. The molecule has 0 radical (unpaired) electrons. The average Bonchev–Trinajstić information content (AvgIpc) is 2.86. The summed E-state index contributed by atoms with van der Waals surface area (Å²) in [6, 6.07) is 0.117. The molecular formula is C15H27N3O2.